The van der Waals surface area contributed by atoms with E-state index >= 15 is 0 Å². The highest BCUT2D eigenvalue weighted by Crippen LogP contribution is 2.16. The molecule has 0 radical (unpaired) electrons. The Morgan fingerprint density at radius 3 is 3.06 bits per heavy atom. The number of nitrogens with one attached hydrogen (secondary N) is 2. The van der Waals surface area contributed by atoms with Gasteiger partial charge in [0.05, 0.1) is 12.1 Å². The van der Waals surface area contributed by atoms with Crippen LogP contribution in [0.25, 0.3) is 0 Å². The van der Waals surface area contributed by atoms with Gasteiger partial charge in [0.2, 0.25) is 5.91 Å². The van der Waals surface area contributed by atoms with E-state index in [2.05, 4.69) is 10.6 Å². The Hall–Kier alpha value is -1.04. The molecule has 18 heavy (non-hydrogen) atoms. The third-order valence-electron chi connectivity index (χ3n) is 3.05. The van der Waals surface area contributed by atoms with Crippen LogP contribution in [0.2, 0.25) is 0 Å². The average Bonchev–Trinajstić information content (AvgIpc) is 2.90. The quantitative estimate of drug-likeness (QED) is 0.754. The average molecular weight is 266 g/mol. The summed E-state index contributed by atoms with van der Waals surface area (Å²) in [6.07, 6.45) is -0.649. The van der Waals surface area contributed by atoms with Gasteiger partial charge in [0.15, 0.2) is 0 Å². The van der Waals surface area contributed by atoms with Gasteiger partial charge in [-0.1, -0.05) is 24.3 Å². The topological polar surface area (TPSA) is 61.4 Å². The van der Waals surface area contributed by atoms with Gasteiger partial charge in [0, 0.05) is 18.2 Å². The first-order valence-electron chi connectivity index (χ1n) is 6.01. The van der Waals surface area contributed by atoms with Crippen LogP contribution in [-0.2, 0) is 4.79 Å². The molecule has 5 heteroatoms. The minimum absolute atomic E-state index is 0.0346. The van der Waals surface area contributed by atoms with Crippen molar-refractivity contribution in [1.82, 2.24) is 10.6 Å². The predicted molar refractivity (Wildman–Crippen MR) is 73.4 cm³/mol. The standard InChI is InChI=1S/C13H18N2O2S/c1-9-4-2-3-5-10(9)12(16)6-14-13(17)11-7-18-8-15-11/h2-5,11-12,15-16H,6-8H2,1H3,(H,14,17)/t11-,12+/m1/s1. The Labute approximate surface area is 111 Å². The lowest BCUT2D eigenvalue weighted by Crippen LogP contribution is -2.43. The van der Waals surface area contributed by atoms with Gasteiger partial charge in [-0.3, -0.25) is 10.1 Å². The molecule has 0 saturated carbocycles. The molecule has 1 aliphatic rings. The van der Waals surface area contributed by atoms with E-state index in [1.807, 2.05) is 31.2 Å². The normalized spacial score (nSPS) is 20.7. The molecule has 0 spiro atoms. The minimum atomic E-state index is -0.649. The maximum atomic E-state index is 11.8. The Balaban J connectivity index is 1.86. The molecular formula is C13H18N2O2S. The SMILES string of the molecule is Cc1ccccc1[C@@H](O)CNC(=O)[C@H]1CSCN1. The van der Waals surface area contributed by atoms with E-state index in [0.717, 1.165) is 22.8 Å². The fourth-order valence-electron chi connectivity index (χ4n) is 1.95. The number of amides is 1. The molecule has 1 fully saturated rings. The maximum absolute atomic E-state index is 11.8. The van der Waals surface area contributed by atoms with Crippen molar-refractivity contribution < 1.29 is 9.90 Å². The summed E-state index contributed by atoms with van der Waals surface area (Å²) in [5.41, 5.74) is 1.90. The molecule has 1 aromatic rings. The van der Waals surface area contributed by atoms with E-state index in [1.54, 1.807) is 11.8 Å². The van der Waals surface area contributed by atoms with Crippen LogP contribution in [0.15, 0.2) is 24.3 Å². The van der Waals surface area contributed by atoms with E-state index in [1.165, 1.54) is 0 Å². The third-order valence-corrected chi connectivity index (χ3v) is 3.99. The van der Waals surface area contributed by atoms with Gasteiger partial charge in [0.1, 0.15) is 0 Å². The second-order valence-corrected chi connectivity index (χ2v) is 5.42. The molecule has 4 nitrogen and oxygen atoms in total. The van der Waals surface area contributed by atoms with Gasteiger partial charge in [-0.2, -0.15) is 0 Å². The van der Waals surface area contributed by atoms with Gasteiger partial charge < -0.3 is 10.4 Å². The van der Waals surface area contributed by atoms with Crippen LogP contribution in [0, 0.1) is 6.92 Å². The largest absolute Gasteiger partial charge is 0.387 e. The number of thioether (sulfide) groups is 1. The number of hydrogen-bond donors (Lipinski definition) is 3. The minimum Gasteiger partial charge on any atom is -0.387 e. The molecule has 1 aliphatic heterocycles. The summed E-state index contributed by atoms with van der Waals surface area (Å²) in [4.78, 5) is 11.8. The van der Waals surface area contributed by atoms with E-state index in [9.17, 15) is 9.90 Å². The van der Waals surface area contributed by atoms with Crippen molar-refractivity contribution in [1.29, 1.82) is 0 Å². The molecule has 1 heterocycles. The second-order valence-electron chi connectivity index (χ2n) is 4.39. The zero-order valence-electron chi connectivity index (χ0n) is 10.3. The highest BCUT2D eigenvalue weighted by atomic mass is 32.2. The fourth-order valence-corrected chi connectivity index (χ4v) is 2.90. The first-order valence-corrected chi connectivity index (χ1v) is 7.16. The highest BCUT2D eigenvalue weighted by molar-refractivity contribution is 7.99. The molecule has 1 saturated heterocycles. The van der Waals surface area contributed by atoms with Gasteiger partial charge >= 0.3 is 0 Å². The fraction of sp³-hybridized carbons (Fsp3) is 0.462. The molecule has 3 N–H and O–H groups in total. The summed E-state index contributed by atoms with van der Waals surface area (Å²) < 4.78 is 0. The van der Waals surface area contributed by atoms with Crippen LogP contribution >= 0.6 is 11.8 Å². The molecule has 0 unspecified atom stereocenters. The Kier molecular flexibility index (Phi) is 4.63. The maximum Gasteiger partial charge on any atom is 0.238 e. The zero-order valence-corrected chi connectivity index (χ0v) is 11.2. The molecule has 0 bridgehead atoms. The van der Waals surface area contributed by atoms with Gasteiger partial charge in [0.25, 0.3) is 0 Å². The third kappa shape index (κ3) is 3.25. The second kappa shape index (κ2) is 6.22. The lowest BCUT2D eigenvalue weighted by Gasteiger charge is -2.16. The van der Waals surface area contributed by atoms with E-state index < -0.39 is 6.10 Å². The Bertz CT molecular complexity index is 419. The van der Waals surface area contributed by atoms with Crippen LogP contribution in [0.1, 0.15) is 17.2 Å². The Morgan fingerprint density at radius 2 is 2.39 bits per heavy atom. The number of carbonyl (C=O) groups is 1. The lowest BCUT2D eigenvalue weighted by molar-refractivity contribution is -0.122. The first-order chi connectivity index (χ1) is 8.68. The highest BCUT2D eigenvalue weighted by Gasteiger charge is 2.22. The van der Waals surface area contributed by atoms with Crippen molar-refractivity contribution in [3.8, 4) is 0 Å². The molecule has 2 rings (SSSR count). The number of aryl methyl sites for hydroxylation is 1. The zero-order chi connectivity index (χ0) is 13.0. The van der Waals surface area contributed by atoms with Gasteiger partial charge in [-0.25, -0.2) is 0 Å². The van der Waals surface area contributed by atoms with Crippen molar-refractivity contribution in [2.75, 3.05) is 18.2 Å². The summed E-state index contributed by atoms with van der Waals surface area (Å²) in [6, 6.07) is 7.54. The molecule has 0 aliphatic carbocycles. The monoisotopic (exact) mass is 266 g/mol. The molecule has 98 valence electrons. The van der Waals surface area contributed by atoms with E-state index in [4.69, 9.17) is 0 Å². The summed E-state index contributed by atoms with van der Waals surface area (Å²) >= 11 is 1.71. The number of carbonyl (C=O) groups excluding carboxylic acids is 1. The number of aliphatic hydroxyl groups excluding tert-OH is 1. The van der Waals surface area contributed by atoms with Crippen LogP contribution in [-0.4, -0.2) is 35.2 Å². The summed E-state index contributed by atoms with van der Waals surface area (Å²) in [5, 5.41) is 15.9. The van der Waals surface area contributed by atoms with E-state index in [0.29, 0.717) is 0 Å². The van der Waals surface area contributed by atoms with Gasteiger partial charge in [-0.15, -0.1) is 11.8 Å². The summed E-state index contributed by atoms with van der Waals surface area (Å²) in [5.74, 6) is 1.58. The van der Waals surface area contributed by atoms with Gasteiger partial charge in [-0.05, 0) is 18.1 Å². The smallest absolute Gasteiger partial charge is 0.238 e. The van der Waals surface area contributed by atoms with Crippen LogP contribution in [0.5, 0.6) is 0 Å². The van der Waals surface area contributed by atoms with Crippen molar-refractivity contribution in [3.63, 3.8) is 0 Å². The molecular weight excluding hydrogens is 248 g/mol. The number of aliphatic hydroxyl groups is 1. The lowest BCUT2D eigenvalue weighted by atomic mass is 10.0. The van der Waals surface area contributed by atoms with Crippen molar-refractivity contribution in [2.45, 2.75) is 19.1 Å². The molecule has 0 aromatic heterocycles. The molecule has 1 amide bonds. The van der Waals surface area contributed by atoms with Crippen molar-refractivity contribution in [2.24, 2.45) is 0 Å². The molecule has 1 aromatic carbocycles. The van der Waals surface area contributed by atoms with Crippen molar-refractivity contribution in [3.05, 3.63) is 35.4 Å². The first kappa shape index (κ1) is 13.4. The van der Waals surface area contributed by atoms with Crippen LogP contribution in [0.4, 0.5) is 0 Å². The van der Waals surface area contributed by atoms with Crippen molar-refractivity contribution >= 4 is 17.7 Å². The summed E-state index contributed by atoms with van der Waals surface area (Å²) in [7, 11) is 0. The molecule has 2 atom stereocenters. The number of rotatable bonds is 4. The van der Waals surface area contributed by atoms with Crippen LogP contribution < -0.4 is 10.6 Å². The number of hydrogen-bond acceptors (Lipinski definition) is 4. The van der Waals surface area contributed by atoms with E-state index in [-0.39, 0.29) is 18.5 Å². The summed E-state index contributed by atoms with van der Waals surface area (Å²) in [6.45, 7) is 2.21. The Morgan fingerprint density at radius 1 is 1.61 bits per heavy atom. The van der Waals surface area contributed by atoms with Crippen LogP contribution in [0.3, 0.4) is 0 Å². The predicted octanol–water partition coefficient (Wildman–Crippen LogP) is 0.807. The number of benzene rings is 1.